The van der Waals surface area contributed by atoms with Crippen molar-refractivity contribution >= 4 is 5.91 Å². The second-order valence-electron chi connectivity index (χ2n) is 7.91. The lowest BCUT2D eigenvalue weighted by Gasteiger charge is -2.50. The van der Waals surface area contributed by atoms with Gasteiger partial charge in [0.25, 0.3) is 5.91 Å². The van der Waals surface area contributed by atoms with Crippen LogP contribution in [0.1, 0.15) is 27.9 Å². The number of aliphatic hydroxyl groups is 1. The Balaban J connectivity index is 1.64. The van der Waals surface area contributed by atoms with Gasteiger partial charge in [0, 0.05) is 37.3 Å². The van der Waals surface area contributed by atoms with Crippen LogP contribution < -0.4 is 0 Å². The van der Waals surface area contributed by atoms with E-state index in [1.54, 1.807) is 30.0 Å². The number of carbonyl (C=O) groups is 1. The van der Waals surface area contributed by atoms with Crippen LogP contribution in [0.4, 0.5) is 0 Å². The molecule has 0 unspecified atom stereocenters. The molecule has 0 aliphatic carbocycles. The van der Waals surface area contributed by atoms with Gasteiger partial charge in [-0.25, -0.2) is 0 Å². The average molecular weight is 396 g/mol. The Bertz CT molecular complexity index is 866. The highest BCUT2D eigenvalue weighted by atomic mass is 16.5. The second-order valence-corrected chi connectivity index (χ2v) is 7.91. The monoisotopic (exact) mass is 396 g/mol. The Hall–Kier alpha value is -2.41. The summed E-state index contributed by atoms with van der Waals surface area (Å²) in [5, 5.41) is 21.8. The number of rotatable bonds is 3. The summed E-state index contributed by atoms with van der Waals surface area (Å²) < 4.78 is 5.51. The van der Waals surface area contributed by atoms with Crippen LogP contribution in [0.25, 0.3) is 0 Å². The smallest absolute Gasteiger partial charge is 0.254 e. The summed E-state index contributed by atoms with van der Waals surface area (Å²) in [4.78, 5) is 17.3. The molecule has 2 saturated heterocycles. The molecule has 0 saturated carbocycles. The first-order valence-electron chi connectivity index (χ1n) is 10.2. The maximum atomic E-state index is 13.2. The molecule has 2 aromatic rings. The van der Waals surface area contributed by atoms with E-state index in [0.717, 1.165) is 18.7 Å². The number of hydrogen-bond donors (Lipinski definition) is 2. The van der Waals surface area contributed by atoms with Gasteiger partial charge in [0.1, 0.15) is 11.4 Å². The SMILES string of the molecule is Cc1c(O)cccc1C(=O)N1CC[C@](O)(c2ccccc2)[C@H](N2CCOCC2)C1. The zero-order valence-corrected chi connectivity index (χ0v) is 16.8. The largest absolute Gasteiger partial charge is 0.508 e. The van der Waals surface area contributed by atoms with Gasteiger partial charge < -0.3 is 19.8 Å². The van der Waals surface area contributed by atoms with Gasteiger partial charge in [-0.3, -0.25) is 9.69 Å². The first-order chi connectivity index (χ1) is 14.0. The van der Waals surface area contributed by atoms with Crippen LogP contribution in [0.3, 0.4) is 0 Å². The Labute approximate surface area is 171 Å². The standard InChI is InChI=1S/C23H28N2O4/c1-17-19(8-5-9-20(17)26)22(27)25-11-10-23(28,18-6-3-2-4-7-18)21(16-25)24-12-14-29-15-13-24/h2-9,21,26,28H,10-16H2,1H3/t21-,23+/m1/s1. The number of phenolic OH excluding ortho intramolecular Hbond substituents is 1. The number of morpholine rings is 1. The number of benzene rings is 2. The van der Waals surface area contributed by atoms with Gasteiger partial charge in [0.2, 0.25) is 0 Å². The number of amides is 1. The third kappa shape index (κ3) is 3.75. The van der Waals surface area contributed by atoms with Crippen molar-refractivity contribution in [1.29, 1.82) is 0 Å². The molecule has 4 rings (SSSR count). The predicted octanol–water partition coefficient (Wildman–Crippen LogP) is 2.14. The fourth-order valence-electron chi connectivity index (χ4n) is 4.50. The van der Waals surface area contributed by atoms with E-state index in [1.165, 1.54) is 0 Å². The lowest BCUT2D eigenvalue weighted by atomic mass is 9.79. The third-order valence-corrected chi connectivity index (χ3v) is 6.29. The van der Waals surface area contributed by atoms with Crippen molar-refractivity contribution in [3.63, 3.8) is 0 Å². The number of nitrogens with zero attached hydrogens (tertiary/aromatic N) is 2. The lowest BCUT2D eigenvalue weighted by molar-refractivity contribution is -0.112. The van der Waals surface area contributed by atoms with Crippen LogP contribution in [0, 0.1) is 6.92 Å². The van der Waals surface area contributed by atoms with Gasteiger partial charge in [0.15, 0.2) is 0 Å². The van der Waals surface area contributed by atoms with Crippen molar-refractivity contribution < 1.29 is 19.7 Å². The number of likely N-dealkylation sites (tertiary alicyclic amines) is 1. The number of piperidine rings is 1. The minimum Gasteiger partial charge on any atom is -0.508 e. The van der Waals surface area contributed by atoms with E-state index in [0.29, 0.717) is 43.9 Å². The zero-order chi connectivity index (χ0) is 20.4. The van der Waals surface area contributed by atoms with Crippen LogP contribution in [-0.4, -0.2) is 71.4 Å². The van der Waals surface area contributed by atoms with Crippen LogP contribution in [0.2, 0.25) is 0 Å². The molecule has 29 heavy (non-hydrogen) atoms. The summed E-state index contributed by atoms with van der Waals surface area (Å²) in [5.74, 6) is 0.0187. The number of phenols is 1. The molecular formula is C23H28N2O4. The summed E-state index contributed by atoms with van der Waals surface area (Å²) in [6.07, 6.45) is 0.461. The van der Waals surface area contributed by atoms with Gasteiger partial charge in [-0.1, -0.05) is 36.4 Å². The molecule has 2 heterocycles. The maximum Gasteiger partial charge on any atom is 0.254 e. The van der Waals surface area contributed by atoms with Crippen molar-refractivity contribution in [3.05, 3.63) is 65.2 Å². The number of ether oxygens (including phenoxy) is 1. The summed E-state index contributed by atoms with van der Waals surface area (Å²) in [5.41, 5.74) is 0.959. The topological polar surface area (TPSA) is 73.2 Å². The van der Waals surface area contributed by atoms with Gasteiger partial charge in [-0.2, -0.15) is 0 Å². The van der Waals surface area contributed by atoms with Crippen LogP contribution >= 0.6 is 0 Å². The molecule has 2 aliphatic rings. The van der Waals surface area contributed by atoms with Gasteiger partial charge in [-0.15, -0.1) is 0 Å². The van der Waals surface area contributed by atoms with E-state index in [4.69, 9.17) is 4.74 Å². The molecule has 2 fully saturated rings. The molecule has 2 N–H and O–H groups in total. The highest BCUT2D eigenvalue weighted by molar-refractivity contribution is 5.96. The molecule has 2 aliphatic heterocycles. The first kappa shape index (κ1) is 19.9. The van der Waals surface area contributed by atoms with Gasteiger partial charge in [0.05, 0.1) is 19.3 Å². The lowest BCUT2D eigenvalue weighted by Crippen LogP contribution is -2.63. The van der Waals surface area contributed by atoms with Gasteiger partial charge in [-0.05, 0) is 31.0 Å². The molecule has 6 heteroatoms. The van der Waals surface area contributed by atoms with E-state index < -0.39 is 5.60 Å². The van der Waals surface area contributed by atoms with E-state index in [-0.39, 0.29) is 17.7 Å². The molecular weight excluding hydrogens is 368 g/mol. The zero-order valence-electron chi connectivity index (χ0n) is 16.8. The molecule has 6 nitrogen and oxygen atoms in total. The van der Waals surface area contributed by atoms with Crippen LogP contribution in [0.5, 0.6) is 5.75 Å². The number of aromatic hydroxyl groups is 1. The highest BCUT2D eigenvalue weighted by Crippen LogP contribution is 2.37. The summed E-state index contributed by atoms with van der Waals surface area (Å²) in [7, 11) is 0. The second kappa shape index (κ2) is 8.14. The van der Waals surface area contributed by atoms with Crippen molar-refractivity contribution in [2.75, 3.05) is 39.4 Å². The van der Waals surface area contributed by atoms with Crippen molar-refractivity contribution in [1.82, 2.24) is 9.80 Å². The van der Waals surface area contributed by atoms with Gasteiger partial charge >= 0.3 is 0 Å². The Morgan fingerprint density at radius 3 is 2.52 bits per heavy atom. The first-order valence-corrected chi connectivity index (χ1v) is 10.2. The van der Waals surface area contributed by atoms with Crippen molar-refractivity contribution in [3.8, 4) is 5.75 Å². The van der Waals surface area contributed by atoms with E-state index in [1.807, 2.05) is 30.3 Å². The molecule has 0 radical (unpaired) electrons. The van der Waals surface area contributed by atoms with E-state index in [2.05, 4.69) is 4.90 Å². The fourth-order valence-corrected chi connectivity index (χ4v) is 4.50. The maximum absolute atomic E-state index is 13.2. The Morgan fingerprint density at radius 1 is 1.07 bits per heavy atom. The van der Waals surface area contributed by atoms with E-state index >= 15 is 0 Å². The predicted molar refractivity (Wildman–Crippen MR) is 110 cm³/mol. The minimum atomic E-state index is -1.02. The third-order valence-electron chi connectivity index (χ3n) is 6.29. The molecule has 0 aromatic heterocycles. The van der Waals surface area contributed by atoms with Crippen molar-refractivity contribution in [2.24, 2.45) is 0 Å². The molecule has 1 amide bonds. The van der Waals surface area contributed by atoms with Crippen LogP contribution in [-0.2, 0) is 10.3 Å². The van der Waals surface area contributed by atoms with E-state index in [9.17, 15) is 15.0 Å². The fraction of sp³-hybridized carbons (Fsp3) is 0.435. The summed E-state index contributed by atoms with van der Waals surface area (Å²) >= 11 is 0. The quantitative estimate of drug-likeness (QED) is 0.832. The Morgan fingerprint density at radius 2 is 1.79 bits per heavy atom. The van der Waals surface area contributed by atoms with Crippen molar-refractivity contribution in [2.45, 2.75) is 25.0 Å². The van der Waals surface area contributed by atoms with Crippen LogP contribution in [0.15, 0.2) is 48.5 Å². The summed E-state index contributed by atoms with van der Waals surface area (Å²) in [6, 6.07) is 14.6. The summed E-state index contributed by atoms with van der Waals surface area (Å²) in [6.45, 7) is 5.35. The molecule has 0 spiro atoms. The number of carbonyl (C=O) groups excluding carboxylic acids is 1. The molecule has 2 atom stereocenters. The number of hydrogen-bond acceptors (Lipinski definition) is 5. The molecule has 154 valence electrons. The average Bonchev–Trinajstić information content (AvgIpc) is 2.77. The molecule has 2 aromatic carbocycles. The Kier molecular flexibility index (Phi) is 5.58. The minimum absolute atomic E-state index is 0.105. The molecule has 0 bridgehead atoms. The highest BCUT2D eigenvalue weighted by Gasteiger charge is 2.47. The normalized spacial score (nSPS) is 25.7.